The molecular weight excluding hydrogens is 244 g/mol. The van der Waals surface area contributed by atoms with Gasteiger partial charge in [0.1, 0.15) is 5.75 Å². The largest absolute Gasteiger partial charge is 0.484 e. The number of amides is 1. The summed E-state index contributed by atoms with van der Waals surface area (Å²) in [6.07, 6.45) is 2.17. The molecule has 1 aliphatic rings. The summed E-state index contributed by atoms with van der Waals surface area (Å²) >= 11 is 0. The van der Waals surface area contributed by atoms with Crippen LogP contribution >= 0.6 is 0 Å². The molecule has 0 unspecified atom stereocenters. The Morgan fingerprint density at radius 3 is 2.53 bits per heavy atom. The molecule has 19 heavy (non-hydrogen) atoms. The molecule has 1 aliphatic heterocycles. The lowest BCUT2D eigenvalue weighted by Crippen LogP contribution is -2.32. The highest BCUT2D eigenvalue weighted by Gasteiger charge is 2.17. The third kappa shape index (κ3) is 3.47. The zero-order valence-electron chi connectivity index (χ0n) is 11.0. The van der Waals surface area contributed by atoms with Crippen LogP contribution in [0.4, 0.5) is 0 Å². The molecule has 0 radical (unpaired) electrons. The van der Waals surface area contributed by atoms with Gasteiger partial charge in [-0.15, -0.1) is 0 Å². The summed E-state index contributed by atoms with van der Waals surface area (Å²) in [5.41, 5.74) is 1.36. The van der Waals surface area contributed by atoms with Gasteiger partial charge in [0.2, 0.25) is 0 Å². The Morgan fingerprint density at radius 2 is 1.95 bits per heavy atom. The molecule has 1 amide bonds. The van der Waals surface area contributed by atoms with Crippen molar-refractivity contribution < 1.29 is 14.7 Å². The van der Waals surface area contributed by atoms with Gasteiger partial charge in [-0.25, -0.2) is 0 Å². The lowest BCUT2D eigenvalue weighted by Gasteiger charge is -2.15. The summed E-state index contributed by atoms with van der Waals surface area (Å²) in [5.74, 6) is 0.678. The predicted octanol–water partition coefficient (Wildman–Crippen LogP) is 1.89. The quantitative estimate of drug-likeness (QED) is 0.512. The fourth-order valence-corrected chi connectivity index (χ4v) is 2.05. The van der Waals surface area contributed by atoms with Gasteiger partial charge < -0.3 is 14.8 Å². The van der Waals surface area contributed by atoms with Crippen molar-refractivity contribution in [2.45, 2.75) is 19.8 Å². The van der Waals surface area contributed by atoms with Crippen molar-refractivity contribution in [2.24, 2.45) is 5.16 Å². The first-order chi connectivity index (χ1) is 9.20. The third-order valence-corrected chi connectivity index (χ3v) is 3.24. The number of carbonyl (C=O) groups is 1. The van der Waals surface area contributed by atoms with E-state index in [4.69, 9.17) is 9.94 Å². The van der Waals surface area contributed by atoms with Crippen molar-refractivity contribution in [3.8, 4) is 5.75 Å². The monoisotopic (exact) mass is 262 g/mol. The normalized spacial score (nSPS) is 15.6. The van der Waals surface area contributed by atoms with E-state index < -0.39 is 0 Å². The summed E-state index contributed by atoms with van der Waals surface area (Å²) in [4.78, 5) is 13.6. The number of ether oxygens (including phenoxy) is 1. The van der Waals surface area contributed by atoms with Crippen molar-refractivity contribution in [1.29, 1.82) is 0 Å². The maximum absolute atomic E-state index is 11.8. The van der Waals surface area contributed by atoms with Gasteiger partial charge in [0.15, 0.2) is 6.61 Å². The van der Waals surface area contributed by atoms with E-state index in [9.17, 15) is 4.79 Å². The lowest BCUT2D eigenvalue weighted by molar-refractivity contribution is -0.132. The minimum Gasteiger partial charge on any atom is -0.484 e. The van der Waals surface area contributed by atoms with Crippen LogP contribution in [0.5, 0.6) is 5.75 Å². The molecule has 1 aromatic rings. The minimum absolute atomic E-state index is 0.0367. The van der Waals surface area contributed by atoms with Crippen LogP contribution in [0.25, 0.3) is 0 Å². The van der Waals surface area contributed by atoms with Crippen LogP contribution in [-0.2, 0) is 4.79 Å². The van der Waals surface area contributed by atoms with E-state index in [2.05, 4.69) is 5.16 Å². The van der Waals surface area contributed by atoms with E-state index in [0.717, 1.165) is 31.5 Å². The Morgan fingerprint density at radius 1 is 1.32 bits per heavy atom. The highest BCUT2D eigenvalue weighted by atomic mass is 16.5. The number of likely N-dealkylation sites (tertiary alicyclic amines) is 1. The van der Waals surface area contributed by atoms with Gasteiger partial charge in [-0.3, -0.25) is 4.79 Å². The van der Waals surface area contributed by atoms with Crippen LogP contribution < -0.4 is 4.74 Å². The van der Waals surface area contributed by atoms with Crippen LogP contribution in [0.2, 0.25) is 0 Å². The lowest BCUT2D eigenvalue weighted by atomic mass is 10.1. The van der Waals surface area contributed by atoms with Crippen molar-refractivity contribution in [3.05, 3.63) is 29.8 Å². The number of oxime groups is 1. The van der Waals surface area contributed by atoms with Gasteiger partial charge in [0, 0.05) is 13.1 Å². The van der Waals surface area contributed by atoms with Gasteiger partial charge in [0.25, 0.3) is 5.91 Å². The summed E-state index contributed by atoms with van der Waals surface area (Å²) in [6.45, 7) is 3.47. The molecule has 2 rings (SSSR count). The van der Waals surface area contributed by atoms with E-state index in [1.807, 2.05) is 4.90 Å². The molecule has 1 saturated heterocycles. The molecule has 0 bridgehead atoms. The second-order valence-corrected chi connectivity index (χ2v) is 4.59. The SMILES string of the molecule is C/C(=N\O)c1ccc(OCC(=O)N2CCCC2)cc1. The Balaban J connectivity index is 1.87. The fraction of sp³-hybridized carbons (Fsp3) is 0.429. The number of benzene rings is 1. The van der Waals surface area contributed by atoms with Crippen LogP contribution in [0.3, 0.4) is 0 Å². The van der Waals surface area contributed by atoms with Crippen LogP contribution in [0, 0.1) is 0 Å². The molecule has 5 heteroatoms. The van der Waals surface area contributed by atoms with E-state index in [1.165, 1.54) is 0 Å². The Bertz CT molecular complexity index is 462. The Kier molecular flexibility index (Phi) is 4.39. The van der Waals surface area contributed by atoms with Crippen LogP contribution in [0.1, 0.15) is 25.3 Å². The van der Waals surface area contributed by atoms with E-state index in [1.54, 1.807) is 31.2 Å². The van der Waals surface area contributed by atoms with Crippen LogP contribution in [0.15, 0.2) is 29.4 Å². The van der Waals surface area contributed by atoms with Crippen LogP contribution in [-0.4, -0.2) is 41.4 Å². The minimum atomic E-state index is 0.0367. The second-order valence-electron chi connectivity index (χ2n) is 4.59. The van der Waals surface area contributed by atoms with E-state index >= 15 is 0 Å². The zero-order chi connectivity index (χ0) is 13.7. The first kappa shape index (κ1) is 13.4. The zero-order valence-corrected chi connectivity index (χ0v) is 11.0. The maximum Gasteiger partial charge on any atom is 0.260 e. The van der Waals surface area contributed by atoms with Crippen molar-refractivity contribution in [1.82, 2.24) is 4.90 Å². The molecular formula is C14H18N2O3. The Labute approximate surface area is 112 Å². The van der Waals surface area contributed by atoms with Crippen molar-refractivity contribution in [3.63, 3.8) is 0 Å². The molecule has 0 atom stereocenters. The first-order valence-electron chi connectivity index (χ1n) is 6.40. The average molecular weight is 262 g/mol. The smallest absolute Gasteiger partial charge is 0.260 e. The number of hydrogen-bond acceptors (Lipinski definition) is 4. The van der Waals surface area contributed by atoms with Crippen molar-refractivity contribution >= 4 is 11.6 Å². The molecule has 102 valence electrons. The molecule has 1 heterocycles. The number of rotatable bonds is 4. The number of carbonyl (C=O) groups excluding carboxylic acids is 1. The van der Waals surface area contributed by atoms with Gasteiger partial charge in [-0.2, -0.15) is 0 Å². The topological polar surface area (TPSA) is 62.1 Å². The first-order valence-corrected chi connectivity index (χ1v) is 6.40. The summed E-state index contributed by atoms with van der Waals surface area (Å²) in [6, 6.07) is 7.12. The summed E-state index contributed by atoms with van der Waals surface area (Å²) in [5, 5.41) is 11.8. The highest BCUT2D eigenvalue weighted by molar-refractivity contribution is 5.98. The molecule has 0 aliphatic carbocycles. The van der Waals surface area contributed by atoms with Gasteiger partial charge in [-0.1, -0.05) is 5.16 Å². The van der Waals surface area contributed by atoms with Crippen molar-refractivity contribution in [2.75, 3.05) is 19.7 Å². The standard InChI is InChI=1S/C14H18N2O3/c1-11(15-18)12-4-6-13(7-5-12)19-10-14(17)16-8-2-3-9-16/h4-7,18H,2-3,8-10H2,1H3/b15-11+. The Hall–Kier alpha value is -2.04. The summed E-state index contributed by atoms with van der Waals surface area (Å²) in [7, 11) is 0. The molecule has 0 spiro atoms. The second kappa shape index (κ2) is 6.22. The van der Waals surface area contributed by atoms with Gasteiger partial charge in [0.05, 0.1) is 5.71 Å². The van der Waals surface area contributed by atoms with Gasteiger partial charge in [-0.05, 0) is 49.6 Å². The molecule has 0 saturated carbocycles. The number of hydrogen-bond donors (Lipinski definition) is 1. The van der Waals surface area contributed by atoms with Gasteiger partial charge >= 0.3 is 0 Å². The van der Waals surface area contributed by atoms with E-state index in [0.29, 0.717) is 11.5 Å². The third-order valence-electron chi connectivity index (χ3n) is 3.24. The molecule has 1 N–H and O–H groups in total. The molecule has 1 aromatic carbocycles. The predicted molar refractivity (Wildman–Crippen MR) is 71.7 cm³/mol. The fourth-order valence-electron chi connectivity index (χ4n) is 2.05. The van der Waals surface area contributed by atoms with E-state index in [-0.39, 0.29) is 12.5 Å². The molecule has 5 nitrogen and oxygen atoms in total. The average Bonchev–Trinajstić information content (AvgIpc) is 2.98. The molecule has 0 aromatic heterocycles. The molecule has 1 fully saturated rings. The maximum atomic E-state index is 11.8. The summed E-state index contributed by atoms with van der Waals surface area (Å²) < 4.78 is 5.45. The highest BCUT2D eigenvalue weighted by Crippen LogP contribution is 2.14. The number of nitrogens with zero attached hydrogens (tertiary/aromatic N) is 2.